The second-order valence-electron chi connectivity index (χ2n) is 16.3. The molecule has 2 N–H and O–H groups in total. The Morgan fingerprint density at radius 3 is 2.29 bits per heavy atom. The van der Waals surface area contributed by atoms with E-state index in [2.05, 4.69) is 84.9 Å². The van der Waals surface area contributed by atoms with Crippen LogP contribution in [0, 0.1) is 52.3 Å². The quantitative estimate of drug-likeness (QED) is 0.268. The third kappa shape index (κ3) is 4.62. The van der Waals surface area contributed by atoms with Crippen LogP contribution in [0.4, 0.5) is 0 Å². The number of aliphatic hydroxyl groups excluding tert-OH is 1. The van der Waals surface area contributed by atoms with Gasteiger partial charge in [0.05, 0.1) is 11.7 Å². The van der Waals surface area contributed by atoms with Crippen molar-refractivity contribution >= 4 is 17.6 Å². The van der Waals surface area contributed by atoms with Gasteiger partial charge in [-0.3, -0.25) is 9.59 Å². The minimum absolute atomic E-state index is 0.0118. The van der Waals surface area contributed by atoms with Crippen molar-refractivity contribution in [2.24, 2.45) is 45.3 Å². The minimum Gasteiger partial charge on any atom is -0.390 e. The molecule has 0 aliphatic heterocycles. The summed E-state index contributed by atoms with van der Waals surface area (Å²) in [5.74, 6) is 1.59. The number of aliphatic hydroxyl groups is 2. The van der Waals surface area contributed by atoms with Gasteiger partial charge in [-0.25, -0.2) is 0 Å². The monoisotopic (exact) mass is 574 g/mol. The highest BCUT2D eigenvalue weighted by Crippen LogP contribution is 2.74. The Bertz CT molecular complexity index is 1310. The summed E-state index contributed by atoms with van der Waals surface area (Å²) in [7, 11) is 0. The van der Waals surface area contributed by atoms with Gasteiger partial charge in [-0.15, -0.1) is 0 Å². The lowest BCUT2D eigenvalue weighted by molar-refractivity contribution is -0.170. The zero-order valence-electron chi connectivity index (χ0n) is 27.5. The number of carbonyl (C=O) groups excluding carboxylic acids is 2. The number of hydrogen-bond acceptors (Lipinski definition) is 4. The Morgan fingerprint density at radius 1 is 1.02 bits per heavy atom. The van der Waals surface area contributed by atoms with Gasteiger partial charge in [-0.2, -0.15) is 0 Å². The molecule has 4 nitrogen and oxygen atoms in total. The minimum atomic E-state index is -1.11. The van der Waals surface area contributed by atoms with Crippen LogP contribution in [0.25, 0.3) is 6.08 Å². The highest BCUT2D eigenvalue weighted by atomic mass is 16.3. The van der Waals surface area contributed by atoms with Crippen LogP contribution in [-0.4, -0.2) is 33.5 Å². The predicted octanol–water partition coefficient (Wildman–Crippen LogP) is 7.89. The molecule has 8 atom stereocenters. The average Bonchev–Trinajstić information content (AvgIpc) is 3.17. The smallest absolute Gasteiger partial charge is 0.168 e. The van der Waals surface area contributed by atoms with Crippen molar-refractivity contribution in [3.05, 3.63) is 52.6 Å². The first kappa shape index (κ1) is 31.4. The Hall–Kier alpha value is -2.04. The van der Waals surface area contributed by atoms with E-state index in [1.165, 1.54) is 11.1 Å². The number of Topliss-reactive ketones (excluding diaryl/α,β-unsaturated/α-hetero) is 2. The van der Waals surface area contributed by atoms with Crippen LogP contribution >= 0.6 is 0 Å². The normalized spacial score (nSPS) is 38.4. The Kier molecular flexibility index (Phi) is 7.67. The van der Waals surface area contributed by atoms with Crippen molar-refractivity contribution in [2.45, 2.75) is 119 Å². The van der Waals surface area contributed by atoms with Crippen molar-refractivity contribution in [1.29, 1.82) is 0 Å². The summed E-state index contributed by atoms with van der Waals surface area (Å²) >= 11 is 0. The molecular formula is C38H54O4. The number of rotatable bonds is 6. The maximum absolute atomic E-state index is 14.7. The van der Waals surface area contributed by atoms with Crippen LogP contribution in [0.5, 0.6) is 0 Å². The molecule has 230 valence electrons. The molecule has 0 radical (unpaired) electrons. The number of benzene rings is 1. The molecule has 0 spiro atoms. The summed E-state index contributed by atoms with van der Waals surface area (Å²) in [5, 5.41) is 20.8. The molecule has 0 bridgehead atoms. The van der Waals surface area contributed by atoms with Crippen molar-refractivity contribution in [2.75, 3.05) is 0 Å². The van der Waals surface area contributed by atoms with E-state index in [1.54, 1.807) is 13.8 Å². The van der Waals surface area contributed by atoms with Crippen molar-refractivity contribution in [1.82, 2.24) is 0 Å². The molecule has 3 fully saturated rings. The van der Waals surface area contributed by atoms with Crippen LogP contribution in [0.15, 0.2) is 41.5 Å². The number of fused-ring (bicyclic) bond motifs is 5. The van der Waals surface area contributed by atoms with E-state index in [4.69, 9.17) is 0 Å². The third-order valence-electron chi connectivity index (χ3n) is 13.2. The Labute approximate surface area is 254 Å². The highest BCUT2D eigenvalue weighted by molar-refractivity contribution is 6.06. The number of carbonyl (C=O) groups is 2. The lowest BCUT2D eigenvalue weighted by Gasteiger charge is -2.64. The fourth-order valence-electron chi connectivity index (χ4n) is 10.2. The zero-order valence-corrected chi connectivity index (χ0v) is 27.5. The molecule has 4 aliphatic rings. The van der Waals surface area contributed by atoms with Gasteiger partial charge in [0.15, 0.2) is 5.78 Å². The average molecular weight is 575 g/mol. The van der Waals surface area contributed by atoms with E-state index in [9.17, 15) is 19.8 Å². The number of allylic oxidation sites excluding steroid dienone is 3. The molecule has 0 heterocycles. The summed E-state index contributed by atoms with van der Waals surface area (Å²) in [6.45, 7) is 18.9. The number of aryl methyl sites for hydroxylation is 1. The van der Waals surface area contributed by atoms with Gasteiger partial charge in [0.25, 0.3) is 0 Å². The molecule has 42 heavy (non-hydrogen) atoms. The first-order chi connectivity index (χ1) is 19.4. The molecule has 4 aliphatic carbocycles. The Balaban J connectivity index is 1.48. The molecule has 0 unspecified atom stereocenters. The summed E-state index contributed by atoms with van der Waals surface area (Å²) < 4.78 is 0. The topological polar surface area (TPSA) is 74.6 Å². The largest absolute Gasteiger partial charge is 0.390 e. The summed E-state index contributed by atoms with van der Waals surface area (Å²) in [5.41, 5.74) is 1.94. The predicted molar refractivity (Wildman–Crippen MR) is 170 cm³/mol. The van der Waals surface area contributed by atoms with Gasteiger partial charge in [-0.05, 0) is 125 Å². The molecule has 0 saturated heterocycles. The zero-order chi connectivity index (χ0) is 31.0. The van der Waals surface area contributed by atoms with Gasteiger partial charge < -0.3 is 10.2 Å². The fourth-order valence-corrected chi connectivity index (χ4v) is 10.2. The lowest BCUT2D eigenvalue weighted by atomic mass is 9.38. The van der Waals surface area contributed by atoms with Crippen molar-refractivity contribution in [3.63, 3.8) is 0 Å². The SMILES string of the molecule is Cc1ccc(/C=C2\C[C@@H]3C(=CC[C@@H]4[C@@]3(C)C(=O)C[C@]3(C)[C@@H]([C@H](C)CC[C@@H](O)C(C)(C)O)CC[C@@]43C)C(C)(C)C2=O)cc1. The molecule has 3 saturated carbocycles. The maximum atomic E-state index is 14.7. The maximum Gasteiger partial charge on any atom is 0.168 e. The second-order valence-corrected chi connectivity index (χ2v) is 16.3. The van der Waals surface area contributed by atoms with Crippen molar-refractivity contribution < 1.29 is 19.8 Å². The summed E-state index contributed by atoms with van der Waals surface area (Å²) in [4.78, 5) is 28.5. The highest BCUT2D eigenvalue weighted by Gasteiger charge is 2.70. The summed E-state index contributed by atoms with van der Waals surface area (Å²) in [6.07, 6.45) is 9.34. The Morgan fingerprint density at radius 2 is 1.67 bits per heavy atom. The van der Waals surface area contributed by atoms with Gasteiger partial charge in [0.2, 0.25) is 0 Å². The van der Waals surface area contributed by atoms with Crippen molar-refractivity contribution in [3.8, 4) is 0 Å². The van der Waals surface area contributed by atoms with Gasteiger partial charge in [-0.1, -0.05) is 69.2 Å². The molecule has 0 amide bonds. The molecule has 1 aromatic rings. The summed E-state index contributed by atoms with van der Waals surface area (Å²) in [6, 6.07) is 8.34. The molecular weight excluding hydrogens is 520 g/mol. The molecule has 5 rings (SSSR count). The first-order valence-electron chi connectivity index (χ1n) is 16.3. The van der Waals surface area contributed by atoms with Gasteiger partial charge in [0, 0.05) is 17.3 Å². The standard InChI is InChI=1S/C38H54O4/c1-23-10-13-25(14-11-23)20-26-21-29-28(34(3,4)33(26)41)15-16-30-36(7)19-18-27(24(2)12-17-31(39)35(5,6)42)37(36,8)22-32(40)38(29,30)9/h10-11,13-15,20,24,27,29-31,39,42H,12,16-19,21-22H2,1-9H3/b26-20+/t24-,27-,29-,30+,31-,36+,37-,38+/m1/s1. The van der Waals surface area contributed by atoms with Crippen LogP contribution in [0.1, 0.15) is 111 Å². The fraction of sp³-hybridized carbons (Fsp3) is 0.684. The van der Waals surface area contributed by atoms with E-state index < -0.39 is 22.5 Å². The number of hydrogen-bond donors (Lipinski definition) is 2. The van der Waals surface area contributed by atoms with Crippen LogP contribution < -0.4 is 0 Å². The van der Waals surface area contributed by atoms with Crippen LogP contribution in [0.2, 0.25) is 0 Å². The van der Waals surface area contributed by atoms with Crippen LogP contribution in [-0.2, 0) is 9.59 Å². The lowest BCUT2D eigenvalue weighted by Crippen LogP contribution is -2.63. The van der Waals surface area contributed by atoms with E-state index in [0.29, 0.717) is 36.9 Å². The van der Waals surface area contributed by atoms with E-state index >= 15 is 0 Å². The number of ketones is 2. The molecule has 1 aromatic carbocycles. The second kappa shape index (κ2) is 10.3. The van der Waals surface area contributed by atoms with Gasteiger partial charge >= 0.3 is 0 Å². The van der Waals surface area contributed by atoms with Crippen LogP contribution in [0.3, 0.4) is 0 Å². The van der Waals surface area contributed by atoms with E-state index in [-0.39, 0.29) is 28.4 Å². The first-order valence-corrected chi connectivity index (χ1v) is 16.3. The van der Waals surface area contributed by atoms with E-state index in [1.807, 2.05) is 0 Å². The van der Waals surface area contributed by atoms with Gasteiger partial charge in [0.1, 0.15) is 5.78 Å². The molecule has 4 heteroatoms. The molecule has 0 aromatic heterocycles. The van der Waals surface area contributed by atoms with E-state index in [0.717, 1.165) is 36.8 Å². The third-order valence-corrected chi connectivity index (χ3v) is 13.2.